The van der Waals surface area contributed by atoms with Gasteiger partial charge in [0.15, 0.2) is 5.12 Å². The zero-order valence-electron chi connectivity index (χ0n) is 15.9. The van der Waals surface area contributed by atoms with Crippen molar-refractivity contribution >= 4 is 34.8 Å². The molecule has 0 radical (unpaired) electrons. The minimum absolute atomic E-state index is 0.271. The lowest BCUT2D eigenvalue weighted by Crippen LogP contribution is -2.73. The first kappa shape index (κ1) is 21.7. The smallest absolute Gasteiger partial charge is 0.413 e. The second kappa shape index (κ2) is 8.61. The molecule has 1 aromatic rings. The van der Waals surface area contributed by atoms with Crippen molar-refractivity contribution in [3.05, 3.63) is 30.3 Å². The molecule has 1 heterocycles. The third-order valence-electron chi connectivity index (χ3n) is 3.47. The van der Waals surface area contributed by atoms with E-state index in [0.717, 1.165) is 4.90 Å². The highest BCUT2D eigenvalue weighted by Crippen LogP contribution is 2.33. The number of amides is 2. The van der Waals surface area contributed by atoms with Gasteiger partial charge in [-0.05, 0) is 32.9 Å². The molecule has 1 aliphatic heterocycles. The van der Waals surface area contributed by atoms with E-state index in [9.17, 15) is 24.3 Å². The Hall–Kier alpha value is -2.59. The number of hydrogen-bond donors (Lipinski definition) is 2. The van der Waals surface area contributed by atoms with Crippen LogP contribution in [0.15, 0.2) is 30.3 Å². The number of nitrogens with zero attached hydrogens (tertiary/aromatic N) is 1. The van der Waals surface area contributed by atoms with Crippen LogP contribution in [0, 0.1) is 0 Å². The van der Waals surface area contributed by atoms with E-state index in [-0.39, 0.29) is 10.9 Å². The van der Waals surface area contributed by atoms with Crippen molar-refractivity contribution < 1.29 is 33.8 Å². The van der Waals surface area contributed by atoms with Gasteiger partial charge in [-0.2, -0.15) is 0 Å². The molecule has 10 heteroatoms. The van der Waals surface area contributed by atoms with Crippen molar-refractivity contribution in [1.82, 2.24) is 10.2 Å². The quantitative estimate of drug-likeness (QED) is 0.549. The molecule has 0 bridgehead atoms. The minimum Gasteiger partial charge on any atom is -0.457 e. The predicted molar refractivity (Wildman–Crippen MR) is 100 cm³/mol. The molecular weight excluding hydrogens is 388 g/mol. The Balaban J connectivity index is 2.07. The molecule has 9 nitrogen and oxygen atoms in total. The summed E-state index contributed by atoms with van der Waals surface area (Å²) in [4.78, 5) is 48.8. The van der Waals surface area contributed by atoms with Gasteiger partial charge in [0.1, 0.15) is 22.8 Å². The normalized spacial score (nSPS) is 20.0. The average molecular weight is 410 g/mol. The summed E-state index contributed by atoms with van der Waals surface area (Å²) in [5.74, 6) is -1.49. The van der Waals surface area contributed by atoms with Crippen LogP contribution < -0.4 is 10.1 Å². The number of aliphatic hydroxyl groups excluding tert-OH is 1. The lowest BCUT2D eigenvalue weighted by molar-refractivity contribution is -0.188. The maximum atomic E-state index is 12.4. The largest absolute Gasteiger partial charge is 0.457 e. The van der Waals surface area contributed by atoms with Crippen molar-refractivity contribution in [2.24, 2.45) is 0 Å². The Morgan fingerprint density at radius 1 is 1.21 bits per heavy atom. The van der Waals surface area contributed by atoms with Crippen LogP contribution in [0.4, 0.5) is 4.79 Å². The summed E-state index contributed by atoms with van der Waals surface area (Å²) >= 11 is 0.701. The lowest BCUT2D eigenvalue weighted by atomic mass is 10.1. The van der Waals surface area contributed by atoms with Gasteiger partial charge in [-0.25, -0.2) is 9.59 Å². The molecule has 0 spiro atoms. The molecule has 1 unspecified atom stereocenters. The second-order valence-electron chi connectivity index (χ2n) is 6.98. The van der Waals surface area contributed by atoms with Gasteiger partial charge in [-0.1, -0.05) is 30.0 Å². The van der Waals surface area contributed by atoms with Crippen molar-refractivity contribution in [1.29, 1.82) is 0 Å². The Labute approximate surface area is 166 Å². The van der Waals surface area contributed by atoms with Crippen LogP contribution in [0.2, 0.25) is 0 Å². The van der Waals surface area contributed by atoms with E-state index < -0.39 is 41.2 Å². The summed E-state index contributed by atoms with van der Waals surface area (Å²) in [7, 11) is 0. The molecule has 0 aromatic heterocycles. The second-order valence-corrected chi connectivity index (χ2v) is 8.27. The molecular formula is C18H22N2O7S. The molecule has 2 amide bonds. The van der Waals surface area contributed by atoms with Crippen LogP contribution in [0.5, 0.6) is 5.75 Å². The fourth-order valence-electron chi connectivity index (χ4n) is 2.39. The van der Waals surface area contributed by atoms with E-state index in [1.165, 1.54) is 6.92 Å². The zero-order chi connectivity index (χ0) is 21.1. The number of aliphatic hydroxyl groups is 1. The fraction of sp³-hybridized carbons (Fsp3) is 0.444. The summed E-state index contributed by atoms with van der Waals surface area (Å²) in [6.07, 6.45) is -2.79. The molecule has 1 fully saturated rings. The van der Waals surface area contributed by atoms with E-state index in [0.29, 0.717) is 11.8 Å². The number of thioether (sulfide) groups is 1. The maximum absolute atomic E-state index is 12.4. The number of likely N-dealkylation sites (tertiary alicyclic amines) is 1. The molecule has 1 aliphatic rings. The van der Waals surface area contributed by atoms with Crippen LogP contribution in [0.1, 0.15) is 27.7 Å². The monoisotopic (exact) mass is 410 g/mol. The molecule has 1 aromatic carbocycles. The first-order valence-corrected chi connectivity index (χ1v) is 9.31. The number of β-lactam (4-membered cyclic amide) rings is 1. The summed E-state index contributed by atoms with van der Waals surface area (Å²) < 4.78 is 10.1. The Morgan fingerprint density at radius 3 is 2.36 bits per heavy atom. The third-order valence-corrected chi connectivity index (χ3v) is 4.55. The molecule has 3 atom stereocenters. The Morgan fingerprint density at radius 2 is 1.82 bits per heavy atom. The molecule has 2 rings (SSSR count). The summed E-state index contributed by atoms with van der Waals surface area (Å²) in [5, 5.41) is 11.2. The summed E-state index contributed by atoms with van der Waals surface area (Å²) in [6, 6.07) is 7.07. The maximum Gasteiger partial charge on any atom is 0.413 e. The predicted octanol–water partition coefficient (Wildman–Crippen LogP) is 1.25. The van der Waals surface area contributed by atoms with Gasteiger partial charge < -0.3 is 19.9 Å². The zero-order valence-corrected chi connectivity index (χ0v) is 16.7. The van der Waals surface area contributed by atoms with Crippen LogP contribution in [-0.2, 0) is 19.1 Å². The van der Waals surface area contributed by atoms with Gasteiger partial charge >= 0.3 is 12.1 Å². The molecule has 0 saturated carbocycles. The van der Waals surface area contributed by atoms with Gasteiger partial charge in [0.05, 0.1) is 0 Å². The van der Waals surface area contributed by atoms with Crippen molar-refractivity contribution in [3.63, 3.8) is 0 Å². The van der Waals surface area contributed by atoms with Gasteiger partial charge in [-0.15, -0.1) is 0 Å². The number of hydrogen-bond acceptors (Lipinski definition) is 8. The fourth-order valence-corrected chi connectivity index (χ4v) is 3.39. The van der Waals surface area contributed by atoms with Crippen LogP contribution in [-0.4, -0.2) is 56.3 Å². The number of benzene rings is 1. The molecule has 0 aliphatic carbocycles. The molecule has 1 saturated heterocycles. The lowest BCUT2D eigenvalue weighted by Gasteiger charge is -2.47. The number of esters is 1. The highest BCUT2D eigenvalue weighted by molar-refractivity contribution is 8.14. The van der Waals surface area contributed by atoms with Gasteiger partial charge in [0.25, 0.3) is 5.91 Å². The van der Waals surface area contributed by atoms with Gasteiger partial charge in [0.2, 0.25) is 6.23 Å². The summed E-state index contributed by atoms with van der Waals surface area (Å²) in [6.45, 7) is 6.11. The van der Waals surface area contributed by atoms with E-state index >= 15 is 0 Å². The molecule has 2 N–H and O–H groups in total. The van der Waals surface area contributed by atoms with Gasteiger partial charge in [-0.3, -0.25) is 14.5 Å². The number of para-hydroxylation sites is 1. The standard InChI is InChI=1S/C18H22N2O7S/c1-10(21)28-15-12(19-17(25)26-11-8-6-5-7-9-11)13(22)20(15)14(23)16(24)27-18(2,3)4/h5-9,12,14-15,23H,1-4H3,(H,19,25)/t12-,14?,15-/m1/s1. The minimum atomic E-state index is -1.90. The van der Waals surface area contributed by atoms with Crippen LogP contribution in [0.3, 0.4) is 0 Å². The molecule has 152 valence electrons. The van der Waals surface area contributed by atoms with Gasteiger partial charge in [0, 0.05) is 6.92 Å². The number of carbonyl (C=O) groups excluding carboxylic acids is 4. The van der Waals surface area contributed by atoms with E-state index in [1.54, 1.807) is 51.1 Å². The average Bonchev–Trinajstić information content (AvgIpc) is 2.58. The number of carbonyl (C=O) groups is 4. The third kappa shape index (κ3) is 5.46. The SMILES string of the molecule is CC(=O)S[C@@H]1[C@H](NC(=O)Oc2ccccc2)C(=O)N1C(O)C(=O)OC(C)(C)C. The highest BCUT2D eigenvalue weighted by Gasteiger charge is 2.54. The van der Waals surface area contributed by atoms with E-state index in [1.807, 2.05) is 0 Å². The first-order valence-electron chi connectivity index (χ1n) is 8.43. The number of ether oxygens (including phenoxy) is 2. The molecule has 28 heavy (non-hydrogen) atoms. The van der Waals surface area contributed by atoms with Crippen molar-refractivity contribution in [2.45, 2.75) is 50.9 Å². The Kier molecular flexibility index (Phi) is 6.68. The van der Waals surface area contributed by atoms with Crippen molar-refractivity contribution in [2.75, 3.05) is 0 Å². The van der Waals surface area contributed by atoms with Crippen molar-refractivity contribution in [3.8, 4) is 5.75 Å². The first-order chi connectivity index (χ1) is 13.0. The van der Waals surface area contributed by atoms with Crippen LogP contribution in [0.25, 0.3) is 0 Å². The Bertz CT molecular complexity index is 763. The van der Waals surface area contributed by atoms with E-state index in [4.69, 9.17) is 9.47 Å². The highest BCUT2D eigenvalue weighted by atomic mass is 32.2. The van der Waals surface area contributed by atoms with Crippen LogP contribution >= 0.6 is 11.8 Å². The number of rotatable bonds is 5. The number of nitrogens with one attached hydrogen (secondary N) is 1. The van der Waals surface area contributed by atoms with E-state index in [2.05, 4.69) is 5.32 Å². The summed E-state index contributed by atoms with van der Waals surface area (Å²) in [5.41, 5.74) is -0.869. The topological polar surface area (TPSA) is 122 Å².